The first-order valence-corrected chi connectivity index (χ1v) is 6.21. The topological polar surface area (TPSA) is 38.0 Å². The van der Waals surface area contributed by atoms with Crippen LogP contribution in [0.25, 0.3) is 0 Å². The largest absolute Gasteiger partial charge is 0.395 e. The summed E-state index contributed by atoms with van der Waals surface area (Å²) >= 11 is 1.97. The molecule has 15 heavy (non-hydrogen) atoms. The molecule has 0 spiro atoms. The Morgan fingerprint density at radius 3 is 3.13 bits per heavy atom. The Labute approximate surface area is 93.4 Å². The van der Waals surface area contributed by atoms with E-state index in [1.807, 2.05) is 17.8 Å². The molecule has 1 aliphatic heterocycles. The first-order valence-electron chi connectivity index (χ1n) is 5.17. The van der Waals surface area contributed by atoms with Crippen molar-refractivity contribution in [1.82, 2.24) is 0 Å². The number of nitrogen functional groups attached to an aromatic ring is 1. The van der Waals surface area contributed by atoms with Crippen molar-refractivity contribution in [2.45, 2.75) is 18.1 Å². The molecular formula is C11H15FN2S. The smallest absolute Gasteiger partial charge is 0.148 e. The number of thioether (sulfide) groups is 1. The molecule has 2 rings (SSSR count). The van der Waals surface area contributed by atoms with E-state index in [4.69, 9.17) is 5.73 Å². The molecule has 2 nitrogen and oxygen atoms in total. The number of nitrogens with two attached hydrogens (primary N) is 1. The number of nitrogens with one attached hydrogen (secondary N) is 1. The molecule has 0 saturated carbocycles. The molecule has 3 N–H and O–H groups in total. The van der Waals surface area contributed by atoms with Crippen LogP contribution in [0.4, 0.5) is 15.8 Å². The summed E-state index contributed by atoms with van der Waals surface area (Å²) in [6.07, 6.45) is 2.53. The highest BCUT2D eigenvalue weighted by molar-refractivity contribution is 8.00. The zero-order valence-electron chi connectivity index (χ0n) is 8.50. The van der Waals surface area contributed by atoms with Gasteiger partial charge in [0.15, 0.2) is 0 Å². The predicted molar refractivity (Wildman–Crippen MR) is 64.8 cm³/mol. The van der Waals surface area contributed by atoms with Gasteiger partial charge >= 0.3 is 0 Å². The summed E-state index contributed by atoms with van der Waals surface area (Å²) in [4.78, 5) is 0. The van der Waals surface area contributed by atoms with E-state index in [-0.39, 0.29) is 11.5 Å². The van der Waals surface area contributed by atoms with Gasteiger partial charge in [-0.05, 0) is 30.7 Å². The van der Waals surface area contributed by atoms with Crippen molar-refractivity contribution in [3.8, 4) is 0 Å². The fourth-order valence-corrected chi connectivity index (χ4v) is 2.92. The second kappa shape index (κ2) is 4.75. The lowest BCUT2D eigenvalue weighted by atomic mass is 10.2. The lowest BCUT2D eigenvalue weighted by molar-refractivity contribution is 0.633. The molecule has 0 bridgehead atoms. The van der Waals surface area contributed by atoms with E-state index >= 15 is 0 Å². The summed E-state index contributed by atoms with van der Waals surface area (Å²) in [5.41, 5.74) is 6.56. The van der Waals surface area contributed by atoms with E-state index in [1.54, 1.807) is 6.07 Å². The van der Waals surface area contributed by atoms with Crippen LogP contribution in [0.1, 0.15) is 12.8 Å². The minimum Gasteiger partial charge on any atom is -0.395 e. The SMILES string of the molecule is Nc1c(F)cccc1NCC1CCCS1. The maximum atomic E-state index is 13.1. The van der Waals surface area contributed by atoms with E-state index in [0.717, 1.165) is 6.54 Å². The van der Waals surface area contributed by atoms with E-state index < -0.39 is 0 Å². The normalized spacial score (nSPS) is 20.5. The fourth-order valence-electron chi connectivity index (χ4n) is 1.72. The van der Waals surface area contributed by atoms with Gasteiger partial charge in [0.1, 0.15) is 5.82 Å². The minimum atomic E-state index is -0.348. The van der Waals surface area contributed by atoms with Crippen molar-refractivity contribution in [1.29, 1.82) is 0 Å². The van der Waals surface area contributed by atoms with Crippen LogP contribution in [0.5, 0.6) is 0 Å². The third-order valence-corrected chi connectivity index (χ3v) is 4.00. The highest BCUT2D eigenvalue weighted by atomic mass is 32.2. The number of anilines is 2. The van der Waals surface area contributed by atoms with E-state index in [2.05, 4.69) is 5.32 Å². The second-order valence-corrected chi connectivity index (χ2v) is 5.13. The van der Waals surface area contributed by atoms with Crippen LogP contribution in [-0.4, -0.2) is 17.5 Å². The van der Waals surface area contributed by atoms with Crippen molar-refractivity contribution < 1.29 is 4.39 Å². The Hall–Kier alpha value is -0.900. The molecule has 1 aliphatic rings. The van der Waals surface area contributed by atoms with Crippen molar-refractivity contribution in [3.63, 3.8) is 0 Å². The first kappa shape index (κ1) is 10.6. The zero-order chi connectivity index (χ0) is 10.7. The van der Waals surface area contributed by atoms with Gasteiger partial charge in [0.05, 0.1) is 11.4 Å². The van der Waals surface area contributed by atoms with Crippen LogP contribution >= 0.6 is 11.8 Å². The Kier molecular flexibility index (Phi) is 3.36. The summed E-state index contributed by atoms with van der Waals surface area (Å²) < 4.78 is 13.1. The molecule has 1 aromatic rings. The van der Waals surface area contributed by atoms with Crippen LogP contribution in [0, 0.1) is 5.82 Å². The molecule has 0 radical (unpaired) electrons. The summed E-state index contributed by atoms with van der Waals surface area (Å²) in [5, 5.41) is 3.86. The Bertz CT molecular complexity index is 337. The third kappa shape index (κ3) is 2.56. The summed E-state index contributed by atoms with van der Waals surface area (Å²) in [7, 11) is 0. The lowest BCUT2D eigenvalue weighted by Crippen LogP contribution is -2.14. The summed E-state index contributed by atoms with van der Waals surface area (Å²) in [5.74, 6) is 0.893. The predicted octanol–water partition coefficient (Wildman–Crippen LogP) is 2.72. The summed E-state index contributed by atoms with van der Waals surface area (Å²) in [6.45, 7) is 0.873. The molecule has 0 aromatic heterocycles. The van der Waals surface area contributed by atoms with Gasteiger partial charge < -0.3 is 11.1 Å². The van der Waals surface area contributed by atoms with E-state index in [9.17, 15) is 4.39 Å². The van der Waals surface area contributed by atoms with E-state index in [1.165, 1.54) is 24.7 Å². The number of para-hydroxylation sites is 1. The number of halogens is 1. The molecule has 1 saturated heterocycles. The molecule has 1 atom stereocenters. The van der Waals surface area contributed by atoms with Crippen LogP contribution in [0.3, 0.4) is 0 Å². The average Bonchev–Trinajstić information content (AvgIpc) is 2.73. The van der Waals surface area contributed by atoms with Crippen LogP contribution in [-0.2, 0) is 0 Å². The summed E-state index contributed by atoms with van der Waals surface area (Å²) in [6, 6.07) is 4.87. The van der Waals surface area contributed by atoms with Crippen molar-refractivity contribution in [2.24, 2.45) is 0 Å². The number of hydrogen-bond donors (Lipinski definition) is 2. The molecule has 0 amide bonds. The molecule has 4 heteroatoms. The zero-order valence-corrected chi connectivity index (χ0v) is 9.32. The molecule has 1 aromatic carbocycles. The highest BCUT2D eigenvalue weighted by Crippen LogP contribution is 2.27. The number of rotatable bonds is 3. The van der Waals surface area contributed by atoms with Crippen molar-refractivity contribution in [2.75, 3.05) is 23.3 Å². The van der Waals surface area contributed by atoms with Gasteiger partial charge in [-0.2, -0.15) is 11.8 Å². The quantitative estimate of drug-likeness (QED) is 0.778. The van der Waals surface area contributed by atoms with Gasteiger partial charge in [0.2, 0.25) is 0 Å². The first-order chi connectivity index (χ1) is 7.27. The average molecular weight is 226 g/mol. The van der Waals surface area contributed by atoms with Gasteiger partial charge in [0.25, 0.3) is 0 Å². The Morgan fingerprint density at radius 1 is 1.53 bits per heavy atom. The Balaban J connectivity index is 1.95. The van der Waals surface area contributed by atoms with E-state index in [0.29, 0.717) is 10.9 Å². The van der Waals surface area contributed by atoms with Gasteiger partial charge in [-0.1, -0.05) is 6.07 Å². The molecule has 1 unspecified atom stereocenters. The lowest BCUT2D eigenvalue weighted by Gasteiger charge is -2.13. The van der Waals surface area contributed by atoms with Gasteiger partial charge in [-0.3, -0.25) is 0 Å². The third-order valence-electron chi connectivity index (χ3n) is 2.60. The van der Waals surface area contributed by atoms with Crippen LogP contribution in [0.15, 0.2) is 18.2 Å². The molecule has 82 valence electrons. The monoisotopic (exact) mass is 226 g/mol. The van der Waals surface area contributed by atoms with Crippen LogP contribution in [0.2, 0.25) is 0 Å². The Morgan fingerprint density at radius 2 is 2.40 bits per heavy atom. The van der Waals surface area contributed by atoms with Crippen LogP contribution < -0.4 is 11.1 Å². The fraction of sp³-hybridized carbons (Fsp3) is 0.455. The van der Waals surface area contributed by atoms with Gasteiger partial charge in [0, 0.05) is 11.8 Å². The molecular weight excluding hydrogens is 211 g/mol. The second-order valence-electron chi connectivity index (χ2n) is 3.72. The minimum absolute atomic E-state index is 0.223. The van der Waals surface area contributed by atoms with Crippen molar-refractivity contribution in [3.05, 3.63) is 24.0 Å². The highest BCUT2D eigenvalue weighted by Gasteiger charge is 2.15. The van der Waals surface area contributed by atoms with Crippen molar-refractivity contribution >= 4 is 23.1 Å². The number of benzene rings is 1. The van der Waals surface area contributed by atoms with Gasteiger partial charge in [-0.25, -0.2) is 4.39 Å². The van der Waals surface area contributed by atoms with Gasteiger partial charge in [-0.15, -0.1) is 0 Å². The standard InChI is InChI=1S/C11H15FN2S/c12-9-4-1-5-10(11(9)13)14-7-8-3-2-6-15-8/h1,4-5,8,14H,2-3,6-7,13H2. The molecule has 0 aliphatic carbocycles. The molecule has 1 fully saturated rings. The number of hydrogen-bond acceptors (Lipinski definition) is 3. The molecule has 1 heterocycles. The maximum absolute atomic E-state index is 13.1. The maximum Gasteiger partial charge on any atom is 0.148 e.